The summed E-state index contributed by atoms with van der Waals surface area (Å²) in [5.41, 5.74) is 2.20. The molecule has 0 N–H and O–H groups in total. The van der Waals surface area contributed by atoms with Gasteiger partial charge in [0.05, 0.1) is 24.4 Å². The number of rotatable bonds is 5. The second kappa shape index (κ2) is 6.31. The third kappa shape index (κ3) is 2.73. The summed E-state index contributed by atoms with van der Waals surface area (Å²) in [7, 11) is 3.62. The minimum atomic E-state index is 0.0830. The van der Waals surface area contributed by atoms with E-state index in [4.69, 9.17) is 9.26 Å². The van der Waals surface area contributed by atoms with Crippen molar-refractivity contribution >= 4 is 0 Å². The van der Waals surface area contributed by atoms with E-state index in [1.54, 1.807) is 7.11 Å². The van der Waals surface area contributed by atoms with Gasteiger partial charge in [-0.3, -0.25) is 4.90 Å². The quantitative estimate of drug-likeness (QED) is 0.843. The van der Waals surface area contributed by atoms with Crippen molar-refractivity contribution in [3.63, 3.8) is 0 Å². The van der Waals surface area contributed by atoms with Gasteiger partial charge in [0, 0.05) is 19.5 Å². The van der Waals surface area contributed by atoms with Gasteiger partial charge in [-0.2, -0.15) is 10.1 Å². The van der Waals surface area contributed by atoms with Crippen LogP contribution in [0.4, 0.5) is 0 Å². The zero-order valence-electron chi connectivity index (χ0n) is 14.5. The average Bonchev–Trinajstić information content (AvgIpc) is 3.24. The number of aryl methyl sites for hydroxylation is 3. The van der Waals surface area contributed by atoms with Crippen LogP contribution >= 0.6 is 0 Å². The molecule has 0 unspecified atom stereocenters. The number of aromatic nitrogens is 4. The van der Waals surface area contributed by atoms with E-state index in [2.05, 4.69) is 27.1 Å². The molecule has 1 fully saturated rings. The monoisotopic (exact) mass is 319 g/mol. The van der Waals surface area contributed by atoms with E-state index in [0.29, 0.717) is 5.89 Å². The van der Waals surface area contributed by atoms with Crippen molar-refractivity contribution < 1.29 is 9.26 Å². The lowest BCUT2D eigenvalue weighted by Crippen LogP contribution is -2.27. The number of ether oxygens (including phenoxy) is 1. The third-order valence-electron chi connectivity index (χ3n) is 4.69. The van der Waals surface area contributed by atoms with Gasteiger partial charge in [0.2, 0.25) is 11.8 Å². The maximum atomic E-state index is 5.59. The fourth-order valence-corrected chi connectivity index (χ4v) is 3.56. The van der Waals surface area contributed by atoms with E-state index in [1.165, 1.54) is 5.56 Å². The Morgan fingerprint density at radius 2 is 2.22 bits per heavy atom. The lowest BCUT2D eigenvalue weighted by molar-refractivity contribution is 0.156. The number of hydrogen-bond donors (Lipinski definition) is 0. The molecule has 0 saturated carbocycles. The zero-order valence-corrected chi connectivity index (χ0v) is 14.5. The lowest BCUT2D eigenvalue weighted by Gasteiger charge is -2.28. The summed E-state index contributed by atoms with van der Waals surface area (Å²) in [4.78, 5) is 6.92. The smallest absolute Gasteiger partial charge is 0.243 e. The molecule has 0 aliphatic carbocycles. The van der Waals surface area contributed by atoms with Gasteiger partial charge in [0.1, 0.15) is 0 Å². The highest BCUT2D eigenvalue weighted by Gasteiger charge is 2.36. The minimum absolute atomic E-state index is 0.0830. The van der Waals surface area contributed by atoms with Crippen molar-refractivity contribution in [2.45, 2.75) is 52.1 Å². The predicted octanol–water partition coefficient (Wildman–Crippen LogP) is 2.58. The van der Waals surface area contributed by atoms with Crippen molar-refractivity contribution in [1.29, 1.82) is 0 Å². The largest absolute Gasteiger partial charge is 0.481 e. The van der Waals surface area contributed by atoms with Crippen LogP contribution in [-0.2, 0) is 13.5 Å². The maximum absolute atomic E-state index is 5.59. The molecule has 2 aromatic heterocycles. The average molecular weight is 319 g/mol. The molecule has 3 rings (SSSR count). The Balaban J connectivity index is 1.91. The predicted molar refractivity (Wildman–Crippen MR) is 85.3 cm³/mol. The third-order valence-corrected chi connectivity index (χ3v) is 4.69. The lowest BCUT2D eigenvalue weighted by atomic mass is 10.0. The van der Waals surface area contributed by atoms with E-state index in [1.807, 2.05) is 25.6 Å². The van der Waals surface area contributed by atoms with Crippen LogP contribution in [0.2, 0.25) is 0 Å². The highest BCUT2D eigenvalue weighted by atomic mass is 16.5. The van der Waals surface area contributed by atoms with Gasteiger partial charge in [0.25, 0.3) is 0 Å². The normalized spacial score (nSPS) is 20.1. The van der Waals surface area contributed by atoms with Crippen LogP contribution in [0.3, 0.4) is 0 Å². The van der Waals surface area contributed by atoms with Crippen molar-refractivity contribution in [3.05, 3.63) is 23.0 Å². The molecule has 126 valence electrons. The van der Waals surface area contributed by atoms with Crippen LogP contribution in [0.25, 0.3) is 0 Å². The minimum Gasteiger partial charge on any atom is -0.481 e. The number of nitrogens with zero attached hydrogens (tertiary/aromatic N) is 5. The van der Waals surface area contributed by atoms with Gasteiger partial charge >= 0.3 is 0 Å². The Morgan fingerprint density at radius 3 is 2.87 bits per heavy atom. The first-order valence-corrected chi connectivity index (χ1v) is 8.22. The summed E-state index contributed by atoms with van der Waals surface area (Å²) in [5, 5.41) is 8.55. The summed E-state index contributed by atoms with van der Waals surface area (Å²) in [6.07, 6.45) is 3.01. The molecule has 7 nitrogen and oxygen atoms in total. The van der Waals surface area contributed by atoms with Gasteiger partial charge < -0.3 is 9.26 Å². The summed E-state index contributed by atoms with van der Waals surface area (Å²) in [5.74, 6) is 2.29. The molecule has 2 atom stereocenters. The number of hydrogen-bond acceptors (Lipinski definition) is 6. The zero-order chi connectivity index (χ0) is 16.6. The highest BCUT2D eigenvalue weighted by Crippen LogP contribution is 2.42. The molecule has 1 aliphatic heterocycles. The Labute approximate surface area is 136 Å². The molecule has 0 aromatic carbocycles. The molecule has 7 heteroatoms. The van der Waals surface area contributed by atoms with Crippen molar-refractivity contribution in [1.82, 2.24) is 24.8 Å². The molecule has 0 bridgehead atoms. The number of likely N-dealkylation sites (tertiary alicyclic amines) is 1. The molecule has 23 heavy (non-hydrogen) atoms. The molecule has 2 aromatic rings. The molecule has 1 saturated heterocycles. The second-order valence-electron chi connectivity index (χ2n) is 6.11. The molecule has 1 aliphatic rings. The topological polar surface area (TPSA) is 69.2 Å². The second-order valence-corrected chi connectivity index (χ2v) is 6.11. The Hall–Kier alpha value is -1.89. The summed E-state index contributed by atoms with van der Waals surface area (Å²) < 4.78 is 12.9. The van der Waals surface area contributed by atoms with Crippen LogP contribution in [0.15, 0.2) is 4.52 Å². The summed E-state index contributed by atoms with van der Waals surface area (Å²) >= 11 is 0. The number of methoxy groups -OCH3 is 1. The summed E-state index contributed by atoms with van der Waals surface area (Å²) in [6.45, 7) is 7.21. The van der Waals surface area contributed by atoms with E-state index in [0.717, 1.165) is 43.2 Å². The molecule has 3 heterocycles. The SMILES string of the molecule is CCc1noc([C@@H](C)N2CCC[C@H]2c2c(C)nn(C)c2OC)n1. The van der Waals surface area contributed by atoms with E-state index in [9.17, 15) is 0 Å². The first-order chi connectivity index (χ1) is 11.1. The van der Waals surface area contributed by atoms with E-state index >= 15 is 0 Å². The maximum Gasteiger partial charge on any atom is 0.243 e. The fraction of sp³-hybridized carbons (Fsp3) is 0.688. The summed E-state index contributed by atoms with van der Waals surface area (Å²) in [6, 6.07) is 0.352. The Morgan fingerprint density at radius 1 is 1.43 bits per heavy atom. The van der Waals surface area contributed by atoms with Crippen LogP contribution in [0.1, 0.15) is 61.7 Å². The van der Waals surface area contributed by atoms with Crippen LogP contribution < -0.4 is 4.74 Å². The van der Waals surface area contributed by atoms with Crippen molar-refractivity contribution in [2.75, 3.05) is 13.7 Å². The molecule has 0 amide bonds. The van der Waals surface area contributed by atoms with Crippen LogP contribution in [-0.4, -0.2) is 38.5 Å². The van der Waals surface area contributed by atoms with Crippen molar-refractivity contribution in [3.8, 4) is 5.88 Å². The van der Waals surface area contributed by atoms with E-state index < -0.39 is 0 Å². The van der Waals surface area contributed by atoms with Gasteiger partial charge in [-0.05, 0) is 33.2 Å². The molecule has 0 radical (unpaired) electrons. The Bertz CT molecular complexity index is 678. The highest BCUT2D eigenvalue weighted by molar-refractivity contribution is 5.35. The first kappa shape index (κ1) is 16.0. The van der Waals surface area contributed by atoms with Gasteiger partial charge in [-0.1, -0.05) is 12.1 Å². The fourth-order valence-electron chi connectivity index (χ4n) is 3.56. The first-order valence-electron chi connectivity index (χ1n) is 8.22. The van der Waals surface area contributed by atoms with Gasteiger partial charge in [-0.25, -0.2) is 4.68 Å². The molecular weight excluding hydrogens is 294 g/mol. The standard InChI is InChI=1S/C16H25N5O2/c1-6-13-17-15(23-19-13)11(3)21-9-7-8-12(21)14-10(2)18-20(4)16(14)22-5/h11-12H,6-9H2,1-5H3/t11-,12+/m1/s1. The van der Waals surface area contributed by atoms with E-state index in [-0.39, 0.29) is 12.1 Å². The molecule has 0 spiro atoms. The van der Waals surface area contributed by atoms with Crippen LogP contribution in [0.5, 0.6) is 5.88 Å². The van der Waals surface area contributed by atoms with Gasteiger partial charge in [-0.15, -0.1) is 0 Å². The van der Waals surface area contributed by atoms with Gasteiger partial charge in [0.15, 0.2) is 5.82 Å². The Kier molecular flexibility index (Phi) is 4.39. The molecular formula is C16H25N5O2. The van der Waals surface area contributed by atoms with Crippen molar-refractivity contribution in [2.24, 2.45) is 7.05 Å². The van der Waals surface area contributed by atoms with Crippen LogP contribution in [0, 0.1) is 6.92 Å².